The summed E-state index contributed by atoms with van der Waals surface area (Å²) in [7, 11) is 0. The van der Waals surface area contributed by atoms with Crippen molar-refractivity contribution in [1.29, 1.82) is 0 Å². The maximum absolute atomic E-state index is 13.4. The largest absolute Gasteiger partial charge is 0.481 e. The van der Waals surface area contributed by atoms with E-state index in [-0.39, 0.29) is 18.1 Å². The van der Waals surface area contributed by atoms with Crippen molar-refractivity contribution in [2.24, 2.45) is 0 Å². The Balaban J connectivity index is 2.28. The van der Waals surface area contributed by atoms with Crippen LogP contribution < -0.4 is 4.74 Å². The average molecular weight is 262 g/mol. The molecule has 0 radical (unpaired) electrons. The second-order valence-corrected chi connectivity index (χ2v) is 3.85. The quantitative estimate of drug-likeness (QED) is 0.915. The van der Waals surface area contributed by atoms with Gasteiger partial charge in [-0.15, -0.1) is 0 Å². The molecule has 0 aliphatic heterocycles. The fraction of sp³-hybridized carbons (Fsp3) is 0.154. The van der Waals surface area contributed by atoms with Crippen molar-refractivity contribution in [2.45, 2.75) is 13.3 Å². The third kappa shape index (κ3) is 3.48. The summed E-state index contributed by atoms with van der Waals surface area (Å²) < 4.78 is 18.7. The normalized spacial score (nSPS) is 10.2. The Morgan fingerprint density at radius 1 is 1.37 bits per heavy atom. The second-order valence-electron chi connectivity index (χ2n) is 3.85. The van der Waals surface area contributed by atoms with Gasteiger partial charge in [0, 0.05) is 6.07 Å². The highest BCUT2D eigenvalue weighted by atomic mass is 19.1. The van der Waals surface area contributed by atoms with E-state index < -0.39 is 11.8 Å². The van der Waals surface area contributed by atoms with E-state index in [0.717, 1.165) is 0 Å². The number of rotatable bonds is 4. The minimum absolute atomic E-state index is 0.0295. The van der Waals surface area contributed by atoms with Gasteiger partial charge in [0.2, 0.25) is 5.88 Å². The van der Waals surface area contributed by atoms with Crippen LogP contribution in [-0.4, -0.2) is 21.0 Å². The lowest BCUT2D eigenvalue weighted by Gasteiger charge is -2.07. The number of carboxylic acids is 1. The van der Waals surface area contributed by atoms with Crippen LogP contribution >= 0.6 is 0 Å². The molecule has 2 aromatic rings. The number of carboxylic acid groups (broad SMARTS) is 1. The highest BCUT2D eigenvalue weighted by Crippen LogP contribution is 2.22. The molecular weight excluding hydrogens is 251 g/mol. The average Bonchev–Trinajstić information content (AvgIpc) is 2.30. The van der Waals surface area contributed by atoms with Crippen molar-refractivity contribution in [3.8, 4) is 11.6 Å². The fourth-order valence-electron chi connectivity index (χ4n) is 1.54. The van der Waals surface area contributed by atoms with Crippen molar-refractivity contribution in [1.82, 2.24) is 9.97 Å². The van der Waals surface area contributed by atoms with Gasteiger partial charge in [0.15, 0.2) is 11.6 Å². The van der Waals surface area contributed by atoms with Crippen LogP contribution in [0.1, 0.15) is 11.5 Å². The summed E-state index contributed by atoms with van der Waals surface area (Å²) in [6.45, 7) is 1.61. The predicted molar refractivity (Wildman–Crippen MR) is 64.6 cm³/mol. The van der Waals surface area contributed by atoms with Crippen LogP contribution in [-0.2, 0) is 11.2 Å². The van der Waals surface area contributed by atoms with Gasteiger partial charge in [-0.3, -0.25) is 4.79 Å². The van der Waals surface area contributed by atoms with Gasteiger partial charge in [-0.05, 0) is 19.1 Å². The molecule has 19 heavy (non-hydrogen) atoms. The van der Waals surface area contributed by atoms with E-state index in [1.165, 1.54) is 18.2 Å². The molecule has 5 nitrogen and oxygen atoms in total. The first-order chi connectivity index (χ1) is 9.04. The number of aryl methyl sites for hydroxylation is 1. The van der Waals surface area contributed by atoms with E-state index in [1.807, 2.05) is 0 Å². The summed E-state index contributed by atoms with van der Waals surface area (Å²) in [4.78, 5) is 18.6. The highest BCUT2D eigenvalue weighted by molar-refractivity contribution is 5.69. The van der Waals surface area contributed by atoms with Gasteiger partial charge in [0.25, 0.3) is 0 Å². The molecule has 0 aliphatic carbocycles. The SMILES string of the molecule is Cc1nc(CC(=O)O)cc(Oc2ccccc2F)n1. The van der Waals surface area contributed by atoms with Crippen LogP contribution in [0.5, 0.6) is 11.6 Å². The van der Waals surface area contributed by atoms with E-state index in [4.69, 9.17) is 9.84 Å². The van der Waals surface area contributed by atoms with Crippen LogP contribution in [0.4, 0.5) is 4.39 Å². The number of benzene rings is 1. The number of halogens is 1. The molecule has 0 amide bonds. The third-order valence-corrected chi connectivity index (χ3v) is 2.25. The minimum atomic E-state index is -1.00. The standard InChI is InChI=1S/C13H11FN2O3/c1-8-15-9(7-13(17)18)6-12(16-8)19-11-5-3-2-4-10(11)14/h2-6H,7H2,1H3,(H,17,18). The summed E-state index contributed by atoms with van der Waals surface area (Å²) in [5.41, 5.74) is 0.311. The topological polar surface area (TPSA) is 72.3 Å². The summed E-state index contributed by atoms with van der Waals surface area (Å²) in [6.07, 6.45) is -0.239. The van der Waals surface area contributed by atoms with Gasteiger partial charge in [-0.2, -0.15) is 4.98 Å². The van der Waals surface area contributed by atoms with Crippen molar-refractivity contribution in [3.05, 3.63) is 47.7 Å². The Bertz CT molecular complexity index is 617. The van der Waals surface area contributed by atoms with Crippen molar-refractivity contribution in [3.63, 3.8) is 0 Å². The molecule has 0 bridgehead atoms. The van der Waals surface area contributed by atoms with Crippen LogP contribution in [0.3, 0.4) is 0 Å². The number of hydrogen-bond donors (Lipinski definition) is 1. The smallest absolute Gasteiger partial charge is 0.309 e. The summed E-state index contributed by atoms with van der Waals surface area (Å²) >= 11 is 0. The number of para-hydroxylation sites is 1. The monoisotopic (exact) mass is 262 g/mol. The van der Waals surface area contributed by atoms with Crippen molar-refractivity contribution >= 4 is 5.97 Å². The molecule has 1 aromatic carbocycles. The Morgan fingerprint density at radius 3 is 2.79 bits per heavy atom. The van der Waals surface area contributed by atoms with Crippen LogP contribution in [0.2, 0.25) is 0 Å². The first-order valence-corrected chi connectivity index (χ1v) is 5.53. The molecule has 0 unspecified atom stereocenters. The highest BCUT2D eigenvalue weighted by Gasteiger charge is 2.09. The molecule has 0 aliphatic rings. The van der Waals surface area contributed by atoms with Gasteiger partial charge in [-0.1, -0.05) is 12.1 Å². The van der Waals surface area contributed by atoms with Crippen LogP contribution in [0.25, 0.3) is 0 Å². The predicted octanol–water partition coefficient (Wildman–Crippen LogP) is 2.34. The molecule has 1 aromatic heterocycles. The third-order valence-electron chi connectivity index (χ3n) is 2.25. The molecule has 1 N–H and O–H groups in total. The lowest BCUT2D eigenvalue weighted by molar-refractivity contribution is -0.136. The number of ether oxygens (including phenoxy) is 1. The van der Waals surface area contributed by atoms with Gasteiger partial charge in [0.1, 0.15) is 5.82 Å². The zero-order chi connectivity index (χ0) is 13.8. The molecule has 0 saturated heterocycles. The minimum Gasteiger partial charge on any atom is -0.481 e. The summed E-state index contributed by atoms with van der Waals surface area (Å²) in [6, 6.07) is 7.28. The van der Waals surface area contributed by atoms with E-state index in [0.29, 0.717) is 11.5 Å². The Labute approximate surface area is 108 Å². The number of aliphatic carboxylic acids is 1. The number of nitrogens with zero attached hydrogens (tertiary/aromatic N) is 2. The molecule has 6 heteroatoms. The maximum atomic E-state index is 13.4. The van der Waals surface area contributed by atoms with Crippen molar-refractivity contribution < 1.29 is 19.0 Å². The Kier molecular flexibility index (Phi) is 3.70. The number of hydrogen-bond acceptors (Lipinski definition) is 4. The molecule has 0 spiro atoms. The van der Waals surface area contributed by atoms with E-state index in [2.05, 4.69) is 9.97 Å². The van der Waals surface area contributed by atoms with Crippen LogP contribution in [0.15, 0.2) is 30.3 Å². The van der Waals surface area contributed by atoms with Crippen LogP contribution in [0, 0.1) is 12.7 Å². The summed E-state index contributed by atoms with van der Waals surface area (Å²) in [5.74, 6) is -1.01. The molecule has 0 fully saturated rings. The van der Waals surface area contributed by atoms with Gasteiger partial charge < -0.3 is 9.84 Å². The van der Waals surface area contributed by atoms with Crippen molar-refractivity contribution in [2.75, 3.05) is 0 Å². The molecular formula is C13H11FN2O3. The van der Waals surface area contributed by atoms with Gasteiger partial charge >= 0.3 is 5.97 Å². The molecule has 0 atom stereocenters. The maximum Gasteiger partial charge on any atom is 0.309 e. The first kappa shape index (κ1) is 12.9. The van der Waals surface area contributed by atoms with Gasteiger partial charge in [0.05, 0.1) is 12.1 Å². The molecule has 98 valence electrons. The Hall–Kier alpha value is -2.50. The first-order valence-electron chi connectivity index (χ1n) is 5.53. The zero-order valence-corrected chi connectivity index (χ0v) is 10.1. The number of carbonyl (C=O) groups is 1. The van der Waals surface area contributed by atoms with Gasteiger partial charge in [-0.25, -0.2) is 9.37 Å². The molecule has 2 rings (SSSR count). The lowest BCUT2D eigenvalue weighted by Crippen LogP contribution is -2.05. The lowest BCUT2D eigenvalue weighted by atomic mass is 10.3. The van der Waals surface area contributed by atoms with E-state index >= 15 is 0 Å². The molecule has 1 heterocycles. The van der Waals surface area contributed by atoms with E-state index in [1.54, 1.807) is 19.1 Å². The van der Waals surface area contributed by atoms with E-state index in [9.17, 15) is 9.18 Å². The summed E-state index contributed by atoms with van der Waals surface area (Å²) in [5, 5.41) is 8.72. The number of aromatic nitrogens is 2. The molecule has 0 saturated carbocycles. The second kappa shape index (κ2) is 5.43. The zero-order valence-electron chi connectivity index (χ0n) is 10.1. The Morgan fingerprint density at radius 2 is 2.11 bits per heavy atom. The fourth-order valence-corrected chi connectivity index (χ4v) is 1.54.